The van der Waals surface area contributed by atoms with E-state index in [0.717, 1.165) is 11.4 Å². The molecule has 0 saturated carbocycles. The van der Waals surface area contributed by atoms with E-state index < -0.39 is 0 Å². The largest absolute Gasteiger partial charge is 0.362 e. The molecule has 0 aliphatic carbocycles. The van der Waals surface area contributed by atoms with Crippen molar-refractivity contribution in [2.24, 2.45) is 4.99 Å². The highest BCUT2D eigenvalue weighted by molar-refractivity contribution is 6.28. The van der Waals surface area contributed by atoms with Crippen LogP contribution < -0.4 is 5.32 Å². The van der Waals surface area contributed by atoms with Gasteiger partial charge < -0.3 is 5.32 Å². The summed E-state index contributed by atoms with van der Waals surface area (Å²) >= 11 is 0. The average Bonchev–Trinajstić information content (AvgIpc) is 2.52. The van der Waals surface area contributed by atoms with Crippen molar-refractivity contribution in [3.05, 3.63) is 72.9 Å². The summed E-state index contributed by atoms with van der Waals surface area (Å²) in [5.41, 5.74) is 1.78. The maximum atomic E-state index is 11.6. The summed E-state index contributed by atoms with van der Waals surface area (Å²) in [5, 5.41) is 3.10. The average molecular weight is 264 g/mol. The number of allylic oxidation sites excluding steroid dienone is 1. The number of para-hydroxylation sites is 2. The number of carbonyl (C=O) groups is 1. The van der Waals surface area contributed by atoms with Gasteiger partial charge in [-0.2, -0.15) is 0 Å². The number of nitrogens with one attached hydrogen (secondary N) is 1. The van der Waals surface area contributed by atoms with Gasteiger partial charge in [0.05, 0.1) is 11.9 Å². The Morgan fingerprint density at radius 1 is 1.00 bits per heavy atom. The molecule has 0 aliphatic heterocycles. The summed E-state index contributed by atoms with van der Waals surface area (Å²) in [7, 11) is 0. The molecule has 0 unspecified atom stereocenters. The summed E-state index contributed by atoms with van der Waals surface area (Å²) in [4.78, 5) is 15.7. The van der Waals surface area contributed by atoms with E-state index in [1.165, 1.54) is 6.21 Å². The lowest BCUT2D eigenvalue weighted by molar-refractivity contribution is -0.111. The second-order valence-electron chi connectivity index (χ2n) is 4.18. The number of ketones is 1. The highest BCUT2D eigenvalue weighted by atomic mass is 16.1. The van der Waals surface area contributed by atoms with Crippen molar-refractivity contribution in [2.45, 2.75) is 6.42 Å². The van der Waals surface area contributed by atoms with Crippen LogP contribution in [-0.4, -0.2) is 12.0 Å². The lowest BCUT2D eigenvalue weighted by Gasteiger charge is -1.98. The van der Waals surface area contributed by atoms with Gasteiger partial charge in [-0.05, 0) is 30.5 Å². The van der Waals surface area contributed by atoms with Gasteiger partial charge in [0.2, 0.25) is 0 Å². The van der Waals surface area contributed by atoms with Crippen LogP contribution in [0, 0.1) is 0 Å². The van der Waals surface area contributed by atoms with Crippen molar-refractivity contribution in [2.75, 3.05) is 5.32 Å². The highest BCUT2D eigenvalue weighted by Crippen LogP contribution is 2.08. The SMILES string of the molecule is O=C(C=Nc1ccccc1)C/C=C/Nc1ccccc1. The van der Waals surface area contributed by atoms with Crippen LogP contribution in [0.2, 0.25) is 0 Å². The van der Waals surface area contributed by atoms with Crippen molar-refractivity contribution < 1.29 is 4.79 Å². The maximum absolute atomic E-state index is 11.6. The number of hydrogen-bond donors (Lipinski definition) is 1. The zero-order valence-corrected chi connectivity index (χ0v) is 11.1. The molecule has 3 nitrogen and oxygen atoms in total. The molecule has 0 heterocycles. The van der Waals surface area contributed by atoms with E-state index in [4.69, 9.17) is 0 Å². The molecule has 0 aromatic heterocycles. The Morgan fingerprint density at radius 3 is 2.35 bits per heavy atom. The number of rotatable bonds is 6. The van der Waals surface area contributed by atoms with Gasteiger partial charge in [0.15, 0.2) is 5.78 Å². The van der Waals surface area contributed by atoms with Crippen LogP contribution in [0.25, 0.3) is 0 Å². The molecule has 0 fully saturated rings. The molecular formula is C17H16N2O. The first-order valence-electron chi connectivity index (χ1n) is 6.43. The van der Waals surface area contributed by atoms with Gasteiger partial charge in [0.25, 0.3) is 0 Å². The quantitative estimate of drug-likeness (QED) is 0.802. The number of benzene rings is 2. The molecule has 2 aromatic rings. The third-order valence-corrected chi connectivity index (χ3v) is 2.57. The molecule has 3 heteroatoms. The van der Waals surface area contributed by atoms with Crippen molar-refractivity contribution in [1.29, 1.82) is 0 Å². The van der Waals surface area contributed by atoms with Gasteiger partial charge in [0, 0.05) is 12.1 Å². The summed E-state index contributed by atoms with van der Waals surface area (Å²) in [6.45, 7) is 0. The molecule has 100 valence electrons. The van der Waals surface area contributed by atoms with E-state index >= 15 is 0 Å². The molecule has 20 heavy (non-hydrogen) atoms. The van der Waals surface area contributed by atoms with Gasteiger partial charge in [0.1, 0.15) is 0 Å². The Balaban J connectivity index is 1.76. The number of carbonyl (C=O) groups excluding carboxylic acids is 1. The molecule has 0 spiro atoms. The van der Waals surface area contributed by atoms with Gasteiger partial charge in [-0.25, -0.2) is 0 Å². The molecule has 2 aromatic carbocycles. The predicted octanol–water partition coefficient (Wildman–Crippen LogP) is 3.97. The summed E-state index contributed by atoms with van der Waals surface area (Å²) in [5.74, 6) is -0.0278. The Bertz CT molecular complexity index is 589. The number of Topliss-reactive ketones (excluding diaryl/α,β-unsaturated/α-hetero) is 1. The molecule has 0 aliphatic rings. The van der Waals surface area contributed by atoms with E-state index in [2.05, 4.69) is 10.3 Å². The van der Waals surface area contributed by atoms with Gasteiger partial charge in [-0.15, -0.1) is 0 Å². The summed E-state index contributed by atoms with van der Waals surface area (Å²) in [6.07, 6.45) is 5.24. The van der Waals surface area contributed by atoms with Crippen LogP contribution in [0.1, 0.15) is 6.42 Å². The lowest BCUT2D eigenvalue weighted by atomic mass is 10.3. The Morgan fingerprint density at radius 2 is 1.65 bits per heavy atom. The smallest absolute Gasteiger partial charge is 0.177 e. The minimum absolute atomic E-state index is 0.0278. The monoisotopic (exact) mass is 264 g/mol. The zero-order valence-electron chi connectivity index (χ0n) is 11.1. The van der Waals surface area contributed by atoms with Crippen LogP contribution in [0.4, 0.5) is 11.4 Å². The highest BCUT2D eigenvalue weighted by Gasteiger charge is 1.93. The predicted molar refractivity (Wildman–Crippen MR) is 83.4 cm³/mol. The fraction of sp³-hybridized carbons (Fsp3) is 0.0588. The lowest BCUT2D eigenvalue weighted by Crippen LogP contribution is -1.96. The second-order valence-corrected chi connectivity index (χ2v) is 4.18. The minimum atomic E-state index is -0.0278. The van der Waals surface area contributed by atoms with Crippen LogP contribution in [0.5, 0.6) is 0 Å². The fourth-order valence-corrected chi connectivity index (χ4v) is 1.58. The molecule has 2 rings (SSSR count). The Labute approximate surface area is 118 Å². The van der Waals surface area contributed by atoms with E-state index in [1.54, 1.807) is 12.3 Å². The fourth-order valence-electron chi connectivity index (χ4n) is 1.58. The van der Waals surface area contributed by atoms with E-state index in [9.17, 15) is 4.79 Å². The van der Waals surface area contributed by atoms with Crippen molar-refractivity contribution in [3.8, 4) is 0 Å². The normalized spacial score (nSPS) is 11.0. The van der Waals surface area contributed by atoms with Gasteiger partial charge in [-0.3, -0.25) is 9.79 Å². The summed E-state index contributed by atoms with van der Waals surface area (Å²) in [6, 6.07) is 19.2. The van der Waals surface area contributed by atoms with Crippen molar-refractivity contribution in [1.82, 2.24) is 0 Å². The third kappa shape index (κ3) is 4.90. The van der Waals surface area contributed by atoms with E-state index in [-0.39, 0.29) is 5.78 Å². The molecule has 1 N–H and O–H groups in total. The Hall–Kier alpha value is -2.68. The van der Waals surface area contributed by atoms with E-state index in [1.807, 2.05) is 60.7 Å². The minimum Gasteiger partial charge on any atom is -0.362 e. The summed E-state index contributed by atoms with van der Waals surface area (Å²) < 4.78 is 0. The van der Waals surface area contributed by atoms with Crippen LogP contribution in [-0.2, 0) is 4.79 Å². The first kappa shape index (κ1) is 13.7. The number of anilines is 1. The molecule has 0 amide bonds. The number of aliphatic imine (C=N–C) groups is 1. The van der Waals surface area contributed by atoms with Gasteiger partial charge >= 0.3 is 0 Å². The molecular weight excluding hydrogens is 248 g/mol. The zero-order chi connectivity index (χ0) is 14.0. The number of hydrogen-bond acceptors (Lipinski definition) is 3. The molecule has 0 saturated heterocycles. The van der Waals surface area contributed by atoms with Gasteiger partial charge in [-0.1, -0.05) is 42.5 Å². The van der Waals surface area contributed by atoms with Crippen LogP contribution in [0.3, 0.4) is 0 Å². The topological polar surface area (TPSA) is 41.5 Å². The van der Waals surface area contributed by atoms with Crippen LogP contribution >= 0.6 is 0 Å². The molecule has 0 bridgehead atoms. The van der Waals surface area contributed by atoms with E-state index in [0.29, 0.717) is 6.42 Å². The van der Waals surface area contributed by atoms with Crippen LogP contribution in [0.15, 0.2) is 77.9 Å². The first-order chi connectivity index (χ1) is 9.84. The maximum Gasteiger partial charge on any atom is 0.177 e. The first-order valence-corrected chi connectivity index (χ1v) is 6.43. The van der Waals surface area contributed by atoms with Crippen molar-refractivity contribution >= 4 is 23.4 Å². The van der Waals surface area contributed by atoms with Crippen molar-refractivity contribution in [3.63, 3.8) is 0 Å². The molecule has 0 atom stereocenters. The third-order valence-electron chi connectivity index (χ3n) is 2.57. The second kappa shape index (κ2) is 7.69. The Kier molecular flexibility index (Phi) is 5.28. The molecule has 0 radical (unpaired) electrons. The standard InChI is InChI=1S/C17H16N2O/c20-17(14-19-16-10-5-2-6-11-16)12-7-13-18-15-8-3-1-4-9-15/h1-11,13-14,18H,12H2/b13-7+,19-14?. The number of nitrogens with zero attached hydrogens (tertiary/aromatic N) is 1.